The topological polar surface area (TPSA) is 114 Å². The Hall–Kier alpha value is -3.52. The van der Waals surface area contributed by atoms with E-state index in [0.29, 0.717) is 28.7 Å². The minimum Gasteiger partial charge on any atom is -0.496 e. The number of rotatable bonds is 7. The van der Waals surface area contributed by atoms with Gasteiger partial charge in [0.25, 0.3) is 5.91 Å². The van der Waals surface area contributed by atoms with Crippen LogP contribution >= 0.6 is 11.6 Å². The molecule has 8 nitrogen and oxygen atoms in total. The van der Waals surface area contributed by atoms with Crippen molar-refractivity contribution in [2.45, 2.75) is 6.54 Å². The van der Waals surface area contributed by atoms with Crippen LogP contribution in [-0.2, 0) is 6.54 Å². The summed E-state index contributed by atoms with van der Waals surface area (Å²) in [5, 5.41) is 3.76. The van der Waals surface area contributed by atoms with E-state index in [0.717, 1.165) is 5.56 Å². The number of nitrogens with zero attached hydrogens (tertiary/aromatic N) is 2. The molecule has 0 atom stereocenters. The van der Waals surface area contributed by atoms with Crippen LogP contribution in [0.5, 0.6) is 5.75 Å². The van der Waals surface area contributed by atoms with Crippen molar-refractivity contribution in [3.8, 4) is 5.75 Å². The van der Waals surface area contributed by atoms with Crippen molar-refractivity contribution in [1.29, 1.82) is 0 Å². The first-order valence-corrected chi connectivity index (χ1v) is 8.75. The summed E-state index contributed by atoms with van der Waals surface area (Å²) in [6.45, 7) is 0.438. The summed E-state index contributed by atoms with van der Waals surface area (Å²) in [4.78, 5) is 20.6. The predicted molar refractivity (Wildman–Crippen MR) is 109 cm³/mol. The highest BCUT2D eigenvalue weighted by Gasteiger charge is 2.13. The van der Waals surface area contributed by atoms with Crippen LogP contribution in [0.25, 0.3) is 0 Å². The minimum atomic E-state index is -0.388. The van der Waals surface area contributed by atoms with Gasteiger partial charge in [0.15, 0.2) is 11.6 Å². The highest BCUT2D eigenvalue weighted by molar-refractivity contribution is 6.31. The van der Waals surface area contributed by atoms with Crippen molar-refractivity contribution in [3.63, 3.8) is 0 Å². The maximum absolute atomic E-state index is 12.4. The van der Waals surface area contributed by atoms with Gasteiger partial charge in [-0.05, 0) is 23.8 Å². The molecule has 0 aliphatic heterocycles. The summed E-state index contributed by atoms with van der Waals surface area (Å²) < 4.78 is 5.19. The summed E-state index contributed by atoms with van der Waals surface area (Å²) in [7, 11) is 1.50. The molecule has 3 aromatic rings. The molecule has 144 valence electrons. The van der Waals surface area contributed by atoms with E-state index in [9.17, 15) is 4.79 Å². The lowest BCUT2D eigenvalue weighted by Gasteiger charge is -2.14. The van der Waals surface area contributed by atoms with Gasteiger partial charge in [-0.2, -0.15) is 0 Å². The molecule has 0 aliphatic carbocycles. The number of hydrazine groups is 1. The monoisotopic (exact) mass is 398 g/mol. The molecule has 0 saturated carbocycles. The van der Waals surface area contributed by atoms with Gasteiger partial charge in [0, 0.05) is 11.6 Å². The number of ether oxygens (including phenoxy) is 1. The summed E-state index contributed by atoms with van der Waals surface area (Å²) in [5.41, 5.74) is 12.9. The third-order valence-electron chi connectivity index (χ3n) is 3.93. The molecule has 1 aromatic heterocycles. The number of anilines is 3. The molecule has 9 heteroatoms. The number of hydrogen-bond donors (Lipinski definition) is 4. The first-order valence-electron chi connectivity index (χ1n) is 8.37. The third-order valence-corrected chi connectivity index (χ3v) is 4.30. The molecule has 28 heavy (non-hydrogen) atoms. The smallest absolute Gasteiger partial charge is 0.273 e. The van der Waals surface area contributed by atoms with Crippen LogP contribution in [0, 0.1) is 0 Å². The normalized spacial score (nSPS) is 10.2. The van der Waals surface area contributed by atoms with E-state index in [2.05, 4.69) is 26.1 Å². The largest absolute Gasteiger partial charge is 0.496 e. The lowest BCUT2D eigenvalue weighted by molar-refractivity contribution is 0.0959. The number of hydrogen-bond acceptors (Lipinski definition) is 7. The molecule has 1 amide bonds. The van der Waals surface area contributed by atoms with Gasteiger partial charge in [0.1, 0.15) is 17.8 Å². The zero-order valence-electron chi connectivity index (χ0n) is 15.1. The Kier molecular flexibility index (Phi) is 6.13. The number of aromatic nitrogens is 2. The predicted octanol–water partition coefficient (Wildman–Crippen LogP) is 3.09. The molecule has 0 unspecified atom stereocenters. The van der Waals surface area contributed by atoms with Crippen LogP contribution in [-0.4, -0.2) is 23.0 Å². The number of nitrogens with two attached hydrogens (primary N) is 1. The second-order valence-electron chi connectivity index (χ2n) is 5.71. The molecule has 0 aliphatic rings. The Morgan fingerprint density at radius 2 is 1.82 bits per heavy atom. The number of carbonyl (C=O) groups excluding carboxylic acids is 1. The fraction of sp³-hybridized carbons (Fsp3) is 0.105. The lowest BCUT2D eigenvalue weighted by Crippen LogP contribution is -2.30. The molecule has 2 aromatic carbocycles. The van der Waals surface area contributed by atoms with Crippen molar-refractivity contribution in [3.05, 3.63) is 71.0 Å². The standard InChI is InChI=1S/C19H19ClN6O2/c1-28-15-9-5-3-7-13(15)19(27)26-25-18-16(21)17(23-11-24-18)22-10-12-6-2-4-8-14(12)20/h2-9,11H,10,21H2,1H3,(H,26,27)(H2,22,23,24,25). The van der Waals surface area contributed by atoms with E-state index < -0.39 is 0 Å². The average molecular weight is 399 g/mol. The molecule has 3 rings (SSSR count). The lowest BCUT2D eigenvalue weighted by atomic mass is 10.2. The molecule has 0 fully saturated rings. The van der Waals surface area contributed by atoms with Gasteiger partial charge in [0.05, 0.1) is 12.7 Å². The van der Waals surface area contributed by atoms with Crippen LogP contribution in [0.2, 0.25) is 5.02 Å². The van der Waals surface area contributed by atoms with Crippen molar-refractivity contribution in [1.82, 2.24) is 15.4 Å². The molecule has 0 bridgehead atoms. The van der Waals surface area contributed by atoms with E-state index in [-0.39, 0.29) is 17.4 Å². The fourth-order valence-electron chi connectivity index (χ4n) is 2.47. The molecule has 0 radical (unpaired) electrons. The molecule has 0 saturated heterocycles. The second kappa shape index (κ2) is 8.92. The Labute approximate surface area is 167 Å². The fourth-order valence-corrected chi connectivity index (χ4v) is 2.67. The van der Waals surface area contributed by atoms with E-state index in [1.165, 1.54) is 13.4 Å². The maximum Gasteiger partial charge on any atom is 0.273 e. The van der Waals surface area contributed by atoms with Crippen LogP contribution in [0.1, 0.15) is 15.9 Å². The molecule has 1 heterocycles. The molecular formula is C19H19ClN6O2. The van der Waals surface area contributed by atoms with Gasteiger partial charge in [-0.1, -0.05) is 41.9 Å². The number of nitrogens with one attached hydrogen (secondary N) is 3. The van der Waals surface area contributed by atoms with E-state index >= 15 is 0 Å². The Bertz CT molecular complexity index is 982. The van der Waals surface area contributed by atoms with Crippen LogP contribution < -0.4 is 26.6 Å². The molecule has 0 spiro atoms. The summed E-state index contributed by atoms with van der Waals surface area (Å²) in [6, 6.07) is 14.3. The van der Waals surface area contributed by atoms with Gasteiger partial charge >= 0.3 is 0 Å². The first kappa shape index (κ1) is 19.2. The highest BCUT2D eigenvalue weighted by Crippen LogP contribution is 2.24. The number of para-hydroxylation sites is 1. The number of halogens is 1. The van der Waals surface area contributed by atoms with Gasteiger partial charge in [-0.3, -0.25) is 15.6 Å². The number of amides is 1. The first-order chi connectivity index (χ1) is 13.6. The average Bonchev–Trinajstić information content (AvgIpc) is 2.73. The summed E-state index contributed by atoms with van der Waals surface area (Å²) in [5.74, 6) is 0.754. The number of methoxy groups -OCH3 is 1. The molecular weight excluding hydrogens is 380 g/mol. The Balaban J connectivity index is 1.67. The van der Waals surface area contributed by atoms with Gasteiger partial charge < -0.3 is 15.8 Å². The van der Waals surface area contributed by atoms with Crippen molar-refractivity contribution < 1.29 is 9.53 Å². The third kappa shape index (κ3) is 4.41. The summed E-state index contributed by atoms with van der Waals surface area (Å²) in [6.07, 6.45) is 1.34. The number of benzene rings is 2. The maximum atomic E-state index is 12.4. The van der Waals surface area contributed by atoms with Crippen molar-refractivity contribution in [2.75, 3.05) is 23.6 Å². The van der Waals surface area contributed by atoms with Gasteiger partial charge in [-0.15, -0.1) is 0 Å². The Morgan fingerprint density at radius 1 is 1.11 bits per heavy atom. The van der Waals surface area contributed by atoms with E-state index in [4.69, 9.17) is 22.1 Å². The van der Waals surface area contributed by atoms with Crippen LogP contribution in [0.15, 0.2) is 54.9 Å². The quantitative estimate of drug-likeness (QED) is 0.452. The highest BCUT2D eigenvalue weighted by atomic mass is 35.5. The van der Waals surface area contributed by atoms with E-state index in [1.54, 1.807) is 24.3 Å². The van der Waals surface area contributed by atoms with Crippen molar-refractivity contribution in [2.24, 2.45) is 0 Å². The molecule has 5 N–H and O–H groups in total. The SMILES string of the molecule is COc1ccccc1C(=O)NNc1ncnc(NCc2ccccc2Cl)c1N. The summed E-state index contributed by atoms with van der Waals surface area (Å²) >= 11 is 6.15. The zero-order chi connectivity index (χ0) is 19.9. The van der Waals surface area contributed by atoms with Crippen LogP contribution in [0.3, 0.4) is 0 Å². The Morgan fingerprint density at radius 3 is 2.61 bits per heavy atom. The minimum absolute atomic E-state index is 0.259. The number of nitrogen functional groups attached to an aromatic ring is 1. The van der Waals surface area contributed by atoms with Gasteiger partial charge in [-0.25, -0.2) is 9.97 Å². The van der Waals surface area contributed by atoms with Crippen LogP contribution in [0.4, 0.5) is 17.3 Å². The van der Waals surface area contributed by atoms with Gasteiger partial charge in [0.2, 0.25) is 0 Å². The van der Waals surface area contributed by atoms with E-state index in [1.807, 2.05) is 24.3 Å². The zero-order valence-corrected chi connectivity index (χ0v) is 15.8. The number of carbonyl (C=O) groups is 1. The second-order valence-corrected chi connectivity index (χ2v) is 6.12. The van der Waals surface area contributed by atoms with Crippen molar-refractivity contribution >= 4 is 34.8 Å².